The summed E-state index contributed by atoms with van der Waals surface area (Å²) in [5.74, 6) is 0.847. The maximum Gasteiger partial charge on any atom is 3.00 e. The van der Waals surface area contributed by atoms with Gasteiger partial charge in [0.25, 0.3) is 0 Å². The standard InChI is InChI=1S/C4H8O2S.3CHF3O3S.Al/c5-7(6)3-1-2-4-7;3*2-1(3,4)8(5,6)7;/h1-4H2;3*(H,5,6,7);/q;;;;+3/p-3. The predicted octanol–water partition coefficient (Wildman–Crippen LogP) is -0.0316. The van der Waals surface area contributed by atoms with E-state index >= 15 is 0 Å². The molecule has 11 nitrogen and oxygen atoms in total. The number of alkyl halides is 9. The average Bonchev–Trinajstić information content (AvgIpc) is 2.78. The molecule has 0 aliphatic carbocycles. The van der Waals surface area contributed by atoms with Gasteiger partial charge in [0.1, 0.15) is 9.84 Å². The van der Waals surface area contributed by atoms with Crippen molar-refractivity contribution < 1.29 is 86.8 Å². The van der Waals surface area contributed by atoms with Crippen LogP contribution in [0.25, 0.3) is 0 Å². The molecule has 1 aliphatic heterocycles. The van der Waals surface area contributed by atoms with E-state index in [1.165, 1.54) is 0 Å². The fraction of sp³-hybridized carbons (Fsp3) is 1.00. The third kappa shape index (κ3) is 19.1. The van der Waals surface area contributed by atoms with E-state index in [-0.39, 0.29) is 17.4 Å². The van der Waals surface area contributed by atoms with Gasteiger partial charge in [0, 0.05) is 0 Å². The molecule has 0 aromatic carbocycles. The minimum Gasteiger partial charge on any atom is -0.741 e. The summed E-state index contributed by atoms with van der Waals surface area (Å²) in [4.78, 5) is 0. The van der Waals surface area contributed by atoms with E-state index in [1.807, 2.05) is 0 Å². The molecular formula is C7H8AlF9O11S4. The molecule has 1 rings (SSSR count). The number of hydrogen-bond acceptors (Lipinski definition) is 11. The van der Waals surface area contributed by atoms with Crippen molar-refractivity contribution >= 4 is 57.6 Å². The second kappa shape index (κ2) is 12.9. The van der Waals surface area contributed by atoms with E-state index in [1.54, 1.807) is 0 Å². The summed E-state index contributed by atoms with van der Waals surface area (Å²) in [5.41, 5.74) is -16.9. The van der Waals surface area contributed by atoms with Gasteiger partial charge in [-0.2, -0.15) is 39.5 Å². The molecule has 1 fully saturated rings. The zero-order chi connectivity index (χ0) is 26.3. The number of rotatable bonds is 0. The predicted molar refractivity (Wildman–Crippen MR) is 80.9 cm³/mol. The normalized spacial score (nSPS) is 16.6. The first kappa shape index (κ1) is 38.8. The van der Waals surface area contributed by atoms with Gasteiger partial charge in [-0.1, -0.05) is 0 Å². The quantitative estimate of drug-likeness (QED) is 0.158. The summed E-state index contributed by atoms with van der Waals surface area (Å²) in [6.07, 6.45) is 1.75. The Balaban J connectivity index is -0.000000162. The Morgan fingerprint density at radius 1 is 0.531 bits per heavy atom. The molecule has 0 N–H and O–H groups in total. The van der Waals surface area contributed by atoms with Gasteiger partial charge in [0.2, 0.25) is 0 Å². The first-order valence-electron chi connectivity index (χ1n) is 6.22. The van der Waals surface area contributed by atoms with Gasteiger partial charge < -0.3 is 13.7 Å². The van der Waals surface area contributed by atoms with E-state index < -0.39 is 56.7 Å². The minimum atomic E-state index is -6.09. The van der Waals surface area contributed by atoms with Crippen LogP contribution >= 0.6 is 0 Å². The van der Waals surface area contributed by atoms with E-state index in [0.29, 0.717) is 11.5 Å². The van der Waals surface area contributed by atoms with E-state index in [2.05, 4.69) is 0 Å². The van der Waals surface area contributed by atoms with Crippen molar-refractivity contribution in [3.8, 4) is 0 Å². The van der Waals surface area contributed by atoms with Crippen molar-refractivity contribution in [2.24, 2.45) is 0 Å². The maximum absolute atomic E-state index is 10.7. The molecule has 0 amide bonds. The van der Waals surface area contributed by atoms with Crippen molar-refractivity contribution in [3.63, 3.8) is 0 Å². The largest absolute Gasteiger partial charge is 3.00 e. The Morgan fingerprint density at radius 2 is 0.656 bits per heavy atom. The summed E-state index contributed by atoms with van der Waals surface area (Å²) >= 11 is 0. The summed E-state index contributed by atoms with van der Waals surface area (Å²) in [6, 6.07) is 0. The van der Waals surface area contributed by atoms with Crippen LogP contribution in [0.2, 0.25) is 0 Å². The second-order valence-electron chi connectivity index (χ2n) is 4.56. The van der Waals surface area contributed by atoms with Gasteiger partial charge in [-0.15, -0.1) is 0 Å². The van der Waals surface area contributed by atoms with Crippen LogP contribution in [0.4, 0.5) is 39.5 Å². The van der Waals surface area contributed by atoms with Crippen molar-refractivity contribution in [2.45, 2.75) is 29.4 Å². The Hall–Kier alpha value is -0.418. The van der Waals surface area contributed by atoms with Crippen LogP contribution in [-0.2, 0) is 40.2 Å². The molecule has 0 saturated carbocycles. The molecule has 0 aromatic rings. The molecular weight excluding hydrogens is 586 g/mol. The molecule has 0 atom stereocenters. The van der Waals surface area contributed by atoms with Crippen molar-refractivity contribution in [1.82, 2.24) is 0 Å². The average molecular weight is 594 g/mol. The zero-order valence-electron chi connectivity index (χ0n) is 14.4. The molecule has 0 radical (unpaired) electrons. The molecule has 1 aliphatic rings. The van der Waals surface area contributed by atoms with Crippen LogP contribution in [0.15, 0.2) is 0 Å². The molecule has 1 heterocycles. The summed E-state index contributed by atoms with van der Waals surface area (Å²) in [5, 5.41) is 0. The summed E-state index contributed by atoms with van der Waals surface area (Å²) < 4.78 is 198. The van der Waals surface area contributed by atoms with Crippen LogP contribution in [0.5, 0.6) is 0 Å². The molecule has 1 saturated heterocycles. The molecule has 0 bridgehead atoms. The second-order valence-corrected chi connectivity index (χ2v) is 11.0. The van der Waals surface area contributed by atoms with Gasteiger partial charge in [0.15, 0.2) is 30.4 Å². The zero-order valence-corrected chi connectivity index (χ0v) is 18.9. The van der Waals surface area contributed by atoms with Crippen molar-refractivity contribution in [1.29, 1.82) is 0 Å². The fourth-order valence-corrected chi connectivity index (χ4v) is 2.24. The van der Waals surface area contributed by atoms with E-state index in [4.69, 9.17) is 38.9 Å². The third-order valence-electron chi connectivity index (χ3n) is 2.01. The van der Waals surface area contributed by atoms with Crippen molar-refractivity contribution in [2.75, 3.05) is 11.5 Å². The van der Waals surface area contributed by atoms with E-state index in [9.17, 15) is 47.9 Å². The fourth-order valence-electron chi connectivity index (χ4n) is 0.746. The molecule has 0 unspecified atom stereocenters. The molecule has 32 heavy (non-hydrogen) atoms. The summed E-state index contributed by atoms with van der Waals surface area (Å²) in [7, 11) is -20.8. The van der Waals surface area contributed by atoms with Crippen LogP contribution in [0.3, 0.4) is 0 Å². The molecule has 0 spiro atoms. The Morgan fingerprint density at radius 3 is 0.688 bits per heavy atom. The summed E-state index contributed by atoms with van der Waals surface area (Å²) in [6.45, 7) is 0. The van der Waals surface area contributed by atoms with E-state index in [0.717, 1.165) is 12.8 Å². The Kier molecular flexibility index (Phi) is 15.6. The number of halogens is 9. The van der Waals surface area contributed by atoms with Gasteiger partial charge >= 0.3 is 33.9 Å². The molecule has 25 heteroatoms. The smallest absolute Gasteiger partial charge is 0.741 e. The van der Waals surface area contributed by atoms with Crippen LogP contribution < -0.4 is 0 Å². The molecule has 192 valence electrons. The SMILES string of the molecule is O=S(=O)([O-])C(F)(F)F.O=S(=O)([O-])C(F)(F)F.O=S(=O)([O-])C(F)(F)F.O=S1(=O)CCCC1.[Al+3]. The molecule has 0 aromatic heterocycles. The first-order chi connectivity index (χ1) is 13.0. The van der Waals surface area contributed by atoms with Crippen molar-refractivity contribution in [3.05, 3.63) is 0 Å². The van der Waals surface area contributed by atoms with Gasteiger partial charge in [0.05, 0.1) is 11.5 Å². The van der Waals surface area contributed by atoms with Gasteiger partial charge in [-0.3, -0.25) is 0 Å². The Labute approximate surface area is 185 Å². The monoisotopic (exact) mass is 594 g/mol. The van der Waals surface area contributed by atoms with Crippen LogP contribution in [0.1, 0.15) is 12.8 Å². The topological polar surface area (TPSA) is 206 Å². The first-order valence-corrected chi connectivity index (χ1v) is 12.3. The van der Waals surface area contributed by atoms with Gasteiger partial charge in [-0.25, -0.2) is 33.7 Å². The minimum absolute atomic E-state index is 0. The number of sulfone groups is 1. The maximum atomic E-state index is 10.7. The van der Waals surface area contributed by atoms with Crippen LogP contribution in [-0.4, -0.2) is 92.7 Å². The van der Waals surface area contributed by atoms with Gasteiger partial charge in [-0.05, 0) is 12.8 Å². The number of hydrogen-bond donors (Lipinski definition) is 0. The third-order valence-corrected chi connectivity index (χ3v) is 5.53. The van der Waals surface area contributed by atoms with Crippen LogP contribution in [0, 0.1) is 0 Å². The Bertz CT molecular complexity index is 864.